The second-order valence-corrected chi connectivity index (χ2v) is 6.50. The van der Waals surface area contributed by atoms with Crippen molar-refractivity contribution in [1.29, 1.82) is 0 Å². The topological polar surface area (TPSA) is 68.5 Å². The number of nitrogens with zero attached hydrogens (tertiary/aromatic N) is 1. The van der Waals surface area contributed by atoms with E-state index in [4.69, 9.17) is 9.84 Å². The van der Waals surface area contributed by atoms with Crippen molar-refractivity contribution < 1.29 is 19.4 Å². The van der Waals surface area contributed by atoms with Gasteiger partial charge in [-0.2, -0.15) is 0 Å². The lowest BCUT2D eigenvalue weighted by molar-refractivity contribution is 0.0975. The number of rotatable bonds is 11. The summed E-state index contributed by atoms with van der Waals surface area (Å²) in [5.74, 6) is 0.0397. The number of carboxylic acid groups (broad SMARTS) is 1. The van der Waals surface area contributed by atoms with Gasteiger partial charge in [-0.15, -0.1) is 6.58 Å². The van der Waals surface area contributed by atoms with Crippen LogP contribution >= 0.6 is 0 Å². The van der Waals surface area contributed by atoms with Crippen LogP contribution in [0.5, 0.6) is 5.88 Å². The Morgan fingerprint density at radius 2 is 1.77 bits per heavy atom. The Kier molecular flexibility index (Phi) is 7.45. The van der Waals surface area contributed by atoms with Gasteiger partial charge in [-0.3, -0.25) is 4.79 Å². The molecule has 0 amide bonds. The zero-order valence-electron chi connectivity index (χ0n) is 15.4. The molecule has 0 aliphatic carbocycles. The standard InChI is InChI=1S/C21H27NO4/c1-3-4-5-6-7-8-9-10-15-18(23)19-16-13-11-12-14-17(16)22(2)20(19)26-21(24)25/h3,11-14H,1,4-10,15H2,2H3,(H,24,25). The van der Waals surface area contributed by atoms with Crippen LogP contribution in [-0.4, -0.2) is 21.6 Å². The number of ether oxygens (including phenoxy) is 1. The average molecular weight is 357 g/mol. The summed E-state index contributed by atoms with van der Waals surface area (Å²) in [6.07, 6.45) is 8.44. The van der Waals surface area contributed by atoms with Crippen LogP contribution in [-0.2, 0) is 7.05 Å². The van der Waals surface area contributed by atoms with Crippen LogP contribution < -0.4 is 4.74 Å². The first-order chi connectivity index (χ1) is 12.6. The summed E-state index contributed by atoms with van der Waals surface area (Å²) < 4.78 is 6.54. The van der Waals surface area contributed by atoms with E-state index in [9.17, 15) is 9.59 Å². The molecule has 5 nitrogen and oxygen atoms in total. The SMILES string of the molecule is C=CCCCCCCCCC(=O)c1c(OC(=O)O)n(C)c2ccccc12. The number of carbonyl (C=O) groups is 2. The Balaban J connectivity index is 2.00. The maximum absolute atomic E-state index is 12.8. The van der Waals surface area contributed by atoms with Crippen molar-refractivity contribution >= 4 is 22.8 Å². The third-order valence-corrected chi connectivity index (χ3v) is 4.58. The van der Waals surface area contributed by atoms with E-state index in [0.29, 0.717) is 12.0 Å². The Morgan fingerprint density at radius 3 is 2.46 bits per heavy atom. The largest absolute Gasteiger partial charge is 0.512 e. The van der Waals surface area contributed by atoms with Crippen LogP contribution in [0.15, 0.2) is 36.9 Å². The molecule has 140 valence electrons. The van der Waals surface area contributed by atoms with Crippen molar-refractivity contribution in [2.24, 2.45) is 7.05 Å². The van der Waals surface area contributed by atoms with Crippen LogP contribution in [0, 0.1) is 0 Å². The predicted molar refractivity (Wildman–Crippen MR) is 103 cm³/mol. The molecule has 2 rings (SSSR count). The minimum atomic E-state index is -1.41. The zero-order valence-corrected chi connectivity index (χ0v) is 15.4. The van der Waals surface area contributed by atoms with Gasteiger partial charge in [0.05, 0.1) is 11.1 Å². The fraction of sp³-hybridized carbons (Fsp3) is 0.429. The van der Waals surface area contributed by atoms with E-state index >= 15 is 0 Å². The summed E-state index contributed by atoms with van der Waals surface area (Å²) in [6, 6.07) is 7.38. The summed E-state index contributed by atoms with van der Waals surface area (Å²) >= 11 is 0. The van der Waals surface area contributed by atoms with Crippen molar-refractivity contribution in [3.05, 3.63) is 42.5 Å². The monoisotopic (exact) mass is 357 g/mol. The molecule has 0 radical (unpaired) electrons. The van der Waals surface area contributed by atoms with E-state index in [0.717, 1.165) is 36.6 Å². The Bertz CT molecular complexity index is 776. The minimum absolute atomic E-state index is 0.0651. The van der Waals surface area contributed by atoms with Gasteiger partial charge in [-0.05, 0) is 25.3 Å². The third kappa shape index (κ3) is 4.97. The number of hydrogen-bond acceptors (Lipinski definition) is 3. The van der Waals surface area contributed by atoms with E-state index in [-0.39, 0.29) is 11.7 Å². The number of aromatic nitrogens is 1. The second-order valence-electron chi connectivity index (χ2n) is 6.50. The number of para-hydroxylation sites is 1. The third-order valence-electron chi connectivity index (χ3n) is 4.58. The molecule has 5 heteroatoms. The molecule has 0 atom stereocenters. The molecular weight excluding hydrogens is 330 g/mol. The lowest BCUT2D eigenvalue weighted by Gasteiger charge is -2.06. The summed E-state index contributed by atoms with van der Waals surface area (Å²) in [7, 11) is 1.71. The van der Waals surface area contributed by atoms with E-state index in [2.05, 4.69) is 6.58 Å². The van der Waals surface area contributed by atoms with Crippen LogP contribution in [0.3, 0.4) is 0 Å². The molecule has 0 aliphatic heterocycles. The Morgan fingerprint density at radius 1 is 1.12 bits per heavy atom. The van der Waals surface area contributed by atoms with Crippen molar-refractivity contribution in [1.82, 2.24) is 4.57 Å². The number of benzene rings is 1. The van der Waals surface area contributed by atoms with E-state index in [1.54, 1.807) is 11.6 Å². The number of unbranched alkanes of at least 4 members (excludes halogenated alkanes) is 6. The highest BCUT2D eigenvalue weighted by atomic mass is 16.7. The molecule has 0 bridgehead atoms. The van der Waals surface area contributed by atoms with Crippen LogP contribution in [0.25, 0.3) is 10.9 Å². The molecule has 1 N–H and O–H groups in total. The normalized spacial score (nSPS) is 10.8. The number of hydrogen-bond donors (Lipinski definition) is 1. The molecule has 1 aromatic heterocycles. The molecule has 26 heavy (non-hydrogen) atoms. The Hall–Kier alpha value is -2.56. The number of fused-ring (bicyclic) bond motifs is 1. The highest BCUT2D eigenvalue weighted by molar-refractivity contribution is 6.11. The summed E-state index contributed by atoms with van der Waals surface area (Å²) in [6.45, 7) is 3.72. The summed E-state index contributed by atoms with van der Waals surface area (Å²) in [4.78, 5) is 23.8. The van der Waals surface area contributed by atoms with Crippen LogP contribution in [0.2, 0.25) is 0 Å². The molecule has 0 saturated heterocycles. The van der Waals surface area contributed by atoms with Crippen molar-refractivity contribution in [3.63, 3.8) is 0 Å². The maximum Gasteiger partial charge on any atom is 0.512 e. The van der Waals surface area contributed by atoms with Gasteiger partial charge in [-0.1, -0.05) is 50.0 Å². The number of Topliss-reactive ketones (excluding diaryl/α,β-unsaturated/α-hetero) is 1. The van der Waals surface area contributed by atoms with Crippen molar-refractivity contribution in [2.45, 2.75) is 51.4 Å². The average Bonchev–Trinajstić information content (AvgIpc) is 2.89. The molecule has 0 saturated carbocycles. The van der Waals surface area contributed by atoms with Gasteiger partial charge in [0.15, 0.2) is 5.78 Å². The zero-order chi connectivity index (χ0) is 18.9. The molecule has 1 aromatic carbocycles. The molecule has 1 heterocycles. The van der Waals surface area contributed by atoms with Gasteiger partial charge in [-0.25, -0.2) is 4.79 Å². The van der Waals surface area contributed by atoms with E-state index < -0.39 is 6.16 Å². The van der Waals surface area contributed by atoms with Crippen molar-refractivity contribution in [2.75, 3.05) is 0 Å². The van der Waals surface area contributed by atoms with Gasteiger partial charge in [0.25, 0.3) is 0 Å². The van der Waals surface area contributed by atoms with Gasteiger partial charge < -0.3 is 14.4 Å². The van der Waals surface area contributed by atoms with Crippen molar-refractivity contribution in [3.8, 4) is 5.88 Å². The number of carbonyl (C=O) groups excluding carboxylic acids is 1. The lowest BCUT2D eigenvalue weighted by Crippen LogP contribution is -2.10. The van der Waals surface area contributed by atoms with Crippen LogP contribution in [0.1, 0.15) is 61.7 Å². The van der Waals surface area contributed by atoms with E-state index in [1.165, 1.54) is 19.3 Å². The van der Waals surface area contributed by atoms with Gasteiger partial charge in [0, 0.05) is 18.9 Å². The highest BCUT2D eigenvalue weighted by Crippen LogP contribution is 2.32. The van der Waals surface area contributed by atoms with Gasteiger partial charge in [0.2, 0.25) is 5.88 Å². The summed E-state index contributed by atoms with van der Waals surface area (Å²) in [5.41, 5.74) is 1.16. The fourth-order valence-corrected chi connectivity index (χ4v) is 3.25. The molecule has 0 spiro atoms. The molecule has 0 unspecified atom stereocenters. The molecule has 0 aliphatic rings. The quantitative estimate of drug-likeness (QED) is 0.241. The number of allylic oxidation sites excluding steroid dienone is 1. The van der Waals surface area contributed by atoms with Gasteiger partial charge >= 0.3 is 6.16 Å². The maximum atomic E-state index is 12.8. The highest BCUT2D eigenvalue weighted by Gasteiger charge is 2.23. The minimum Gasteiger partial charge on any atom is -0.449 e. The first kappa shape index (κ1) is 19.8. The predicted octanol–water partition coefficient (Wildman–Crippen LogP) is 5.72. The van der Waals surface area contributed by atoms with Gasteiger partial charge in [0.1, 0.15) is 0 Å². The van der Waals surface area contributed by atoms with Crippen LogP contribution in [0.4, 0.5) is 4.79 Å². The lowest BCUT2D eigenvalue weighted by atomic mass is 10.0. The summed E-state index contributed by atoms with van der Waals surface area (Å²) in [5, 5.41) is 9.74. The second kappa shape index (κ2) is 9.80. The molecule has 0 fully saturated rings. The first-order valence-electron chi connectivity index (χ1n) is 9.18. The first-order valence-corrected chi connectivity index (χ1v) is 9.18. The fourth-order valence-electron chi connectivity index (χ4n) is 3.25. The number of ketones is 1. The number of aryl methyl sites for hydroxylation is 1. The molecule has 2 aromatic rings. The smallest absolute Gasteiger partial charge is 0.449 e. The van der Waals surface area contributed by atoms with E-state index in [1.807, 2.05) is 30.3 Å². The Labute approximate surface area is 154 Å². The molecular formula is C21H27NO4.